The Balaban J connectivity index is 1.48. The van der Waals surface area contributed by atoms with Crippen LogP contribution in [0.25, 0.3) is 0 Å². The predicted octanol–water partition coefficient (Wildman–Crippen LogP) is 2.20. The zero-order chi connectivity index (χ0) is 19.4. The number of carbonyl (C=O) groups is 1. The first-order valence-corrected chi connectivity index (χ1v) is 8.87. The normalized spacial score (nSPS) is 18.0. The Labute approximate surface area is 157 Å². The molecule has 0 radical (unpaired) electrons. The number of phenolic OH excluding ortho intramolecular Hbond substituents is 1. The fourth-order valence-electron chi connectivity index (χ4n) is 2.68. The smallest absolute Gasteiger partial charge is 0.265 e. The lowest BCUT2D eigenvalue weighted by Gasteiger charge is -2.24. The number of hydrogen-bond acceptors (Lipinski definition) is 6. The van der Waals surface area contributed by atoms with E-state index in [-0.39, 0.29) is 17.7 Å². The highest BCUT2D eigenvalue weighted by Gasteiger charge is 2.23. The fourth-order valence-corrected chi connectivity index (χ4v) is 2.68. The van der Waals surface area contributed by atoms with Crippen LogP contribution in [0.3, 0.4) is 0 Å². The van der Waals surface area contributed by atoms with Crippen molar-refractivity contribution in [3.8, 4) is 17.2 Å². The minimum atomic E-state index is -0.675. The van der Waals surface area contributed by atoms with E-state index in [1.165, 1.54) is 0 Å². The van der Waals surface area contributed by atoms with Gasteiger partial charge in [-0.25, -0.2) is 0 Å². The molecule has 1 heterocycles. The van der Waals surface area contributed by atoms with Crippen molar-refractivity contribution in [1.29, 1.82) is 0 Å². The summed E-state index contributed by atoms with van der Waals surface area (Å²) in [5.74, 6) is 1.23. The molecule has 0 aliphatic carbocycles. The van der Waals surface area contributed by atoms with Gasteiger partial charge in [0.2, 0.25) is 0 Å². The maximum atomic E-state index is 11.7. The fraction of sp³-hybridized carbons (Fsp3) is 0.350. The van der Waals surface area contributed by atoms with Gasteiger partial charge in [0.05, 0.1) is 11.8 Å². The summed E-state index contributed by atoms with van der Waals surface area (Å²) in [6.45, 7) is 4.41. The second kappa shape index (κ2) is 8.28. The van der Waals surface area contributed by atoms with Crippen LogP contribution in [0.2, 0.25) is 0 Å². The third-order valence-electron chi connectivity index (χ3n) is 4.32. The molecule has 7 nitrogen and oxygen atoms in total. The number of nitrogens with one attached hydrogen (secondary N) is 2. The van der Waals surface area contributed by atoms with Crippen molar-refractivity contribution in [2.45, 2.75) is 32.1 Å². The third kappa shape index (κ3) is 4.90. The summed E-state index contributed by atoms with van der Waals surface area (Å²) in [5.41, 5.74) is 1.33. The van der Waals surface area contributed by atoms with Crippen molar-refractivity contribution in [3.05, 3.63) is 48.0 Å². The molecule has 0 aromatic heterocycles. The number of aliphatic hydroxyl groups excluding tert-OH is 1. The van der Waals surface area contributed by atoms with Gasteiger partial charge in [-0.05, 0) is 43.7 Å². The maximum absolute atomic E-state index is 11.7. The summed E-state index contributed by atoms with van der Waals surface area (Å²) < 4.78 is 11.3. The highest BCUT2D eigenvalue weighted by Crippen LogP contribution is 2.33. The summed E-state index contributed by atoms with van der Waals surface area (Å²) in [7, 11) is 0. The van der Waals surface area contributed by atoms with Crippen LogP contribution in [-0.4, -0.2) is 41.4 Å². The molecule has 7 heteroatoms. The summed E-state index contributed by atoms with van der Waals surface area (Å²) in [4.78, 5) is 11.7. The van der Waals surface area contributed by atoms with Crippen LogP contribution in [0.1, 0.15) is 25.5 Å². The van der Waals surface area contributed by atoms with Crippen molar-refractivity contribution in [1.82, 2.24) is 5.32 Å². The van der Waals surface area contributed by atoms with Gasteiger partial charge in [0.25, 0.3) is 5.91 Å². The molecule has 0 saturated heterocycles. The molecule has 1 aliphatic heterocycles. The molecule has 2 aromatic carbocycles. The quantitative estimate of drug-likeness (QED) is 0.595. The average molecular weight is 372 g/mol. The van der Waals surface area contributed by atoms with Crippen LogP contribution in [0, 0.1) is 0 Å². The Bertz CT molecular complexity index is 793. The van der Waals surface area contributed by atoms with Gasteiger partial charge in [0, 0.05) is 18.7 Å². The molecule has 1 aliphatic rings. The first-order chi connectivity index (χ1) is 12.9. The monoisotopic (exact) mass is 372 g/mol. The number of benzene rings is 2. The van der Waals surface area contributed by atoms with Crippen molar-refractivity contribution >= 4 is 11.6 Å². The largest absolute Gasteiger partial charge is 0.508 e. The van der Waals surface area contributed by atoms with Crippen molar-refractivity contribution in [3.63, 3.8) is 0 Å². The van der Waals surface area contributed by atoms with Crippen LogP contribution >= 0.6 is 0 Å². The minimum Gasteiger partial charge on any atom is -0.508 e. The lowest BCUT2D eigenvalue weighted by Crippen LogP contribution is -2.35. The minimum absolute atomic E-state index is 0.00124. The van der Waals surface area contributed by atoms with Gasteiger partial charge in [0.1, 0.15) is 23.9 Å². The number of carbonyl (C=O) groups excluding carboxylic acids is 1. The van der Waals surface area contributed by atoms with Gasteiger partial charge in [-0.2, -0.15) is 0 Å². The molecule has 0 unspecified atom stereocenters. The SMILES string of the molecule is C[C@H](COc1ccc2c(c1)NC(=O)[C@@H](C)O2)NC[C@H](O)c1ccc(O)cc1. The highest BCUT2D eigenvalue weighted by atomic mass is 16.5. The topological polar surface area (TPSA) is 100 Å². The number of phenols is 1. The Morgan fingerprint density at radius 2 is 2.00 bits per heavy atom. The number of hydrogen-bond donors (Lipinski definition) is 4. The predicted molar refractivity (Wildman–Crippen MR) is 101 cm³/mol. The van der Waals surface area contributed by atoms with Gasteiger partial charge in [-0.15, -0.1) is 0 Å². The molecular weight excluding hydrogens is 348 g/mol. The summed E-state index contributed by atoms with van der Waals surface area (Å²) >= 11 is 0. The first-order valence-electron chi connectivity index (χ1n) is 8.87. The van der Waals surface area contributed by atoms with E-state index in [1.807, 2.05) is 6.92 Å². The van der Waals surface area contributed by atoms with Gasteiger partial charge in [-0.1, -0.05) is 12.1 Å². The van der Waals surface area contributed by atoms with E-state index in [9.17, 15) is 15.0 Å². The Morgan fingerprint density at radius 3 is 2.74 bits per heavy atom. The Kier molecular flexibility index (Phi) is 5.83. The van der Waals surface area contributed by atoms with E-state index >= 15 is 0 Å². The van der Waals surface area contributed by atoms with Crippen molar-refractivity contribution < 1.29 is 24.5 Å². The second-order valence-electron chi connectivity index (χ2n) is 6.63. The summed E-state index contributed by atoms with van der Waals surface area (Å²) in [6.07, 6.45) is -1.18. The average Bonchev–Trinajstić information content (AvgIpc) is 2.66. The molecule has 0 fully saturated rings. The number of aromatic hydroxyl groups is 1. The number of ether oxygens (including phenoxy) is 2. The molecule has 2 aromatic rings. The molecule has 0 saturated carbocycles. The lowest BCUT2D eigenvalue weighted by atomic mass is 10.1. The molecule has 27 heavy (non-hydrogen) atoms. The molecule has 144 valence electrons. The van der Waals surface area contributed by atoms with E-state index in [2.05, 4.69) is 10.6 Å². The number of amides is 1. The van der Waals surface area contributed by atoms with Crippen molar-refractivity contribution in [2.75, 3.05) is 18.5 Å². The molecule has 3 rings (SSSR count). The molecule has 0 bridgehead atoms. The van der Waals surface area contributed by atoms with E-state index in [0.717, 1.165) is 5.56 Å². The Morgan fingerprint density at radius 1 is 1.26 bits per heavy atom. The maximum Gasteiger partial charge on any atom is 0.265 e. The molecule has 0 spiro atoms. The van der Waals surface area contributed by atoms with Crippen LogP contribution < -0.4 is 20.1 Å². The Hall–Kier alpha value is -2.77. The number of anilines is 1. The third-order valence-corrected chi connectivity index (χ3v) is 4.32. The highest BCUT2D eigenvalue weighted by molar-refractivity contribution is 5.97. The standard InChI is InChI=1S/C20H24N2O5/c1-12(21-10-18(24)14-3-5-15(23)6-4-14)11-26-16-7-8-19-17(9-16)22-20(25)13(2)27-19/h3-9,12-13,18,21,23-24H,10-11H2,1-2H3,(H,22,25)/t12-,13-,18+/m1/s1. The van der Waals surface area contributed by atoms with Crippen LogP contribution in [0.4, 0.5) is 5.69 Å². The molecule has 4 N–H and O–H groups in total. The zero-order valence-corrected chi connectivity index (χ0v) is 15.3. The van der Waals surface area contributed by atoms with E-state index in [0.29, 0.717) is 30.3 Å². The summed E-state index contributed by atoms with van der Waals surface area (Å²) in [6, 6.07) is 11.8. The van der Waals surface area contributed by atoms with E-state index in [4.69, 9.17) is 9.47 Å². The van der Waals surface area contributed by atoms with E-state index in [1.54, 1.807) is 49.4 Å². The number of aliphatic hydroxyl groups is 1. The van der Waals surface area contributed by atoms with Gasteiger partial charge in [0.15, 0.2) is 6.10 Å². The second-order valence-corrected chi connectivity index (χ2v) is 6.63. The van der Waals surface area contributed by atoms with Gasteiger partial charge in [-0.3, -0.25) is 4.79 Å². The molecule has 3 atom stereocenters. The van der Waals surface area contributed by atoms with Crippen molar-refractivity contribution in [2.24, 2.45) is 0 Å². The number of rotatable bonds is 7. The number of fused-ring (bicyclic) bond motifs is 1. The molecular formula is C20H24N2O5. The van der Waals surface area contributed by atoms with Gasteiger partial charge >= 0.3 is 0 Å². The van der Waals surface area contributed by atoms with Crippen LogP contribution in [0.15, 0.2) is 42.5 Å². The summed E-state index contributed by atoms with van der Waals surface area (Å²) in [5, 5.41) is 25.5. The first kappa shape index (κ1) is 19.0. The van der Waals surface area contributed by atoms with Gasteiger partial charge < -0.3 is 30.3 Å². The van der Waals surface area contributed by atoms with Crippen LogP contribution in [-0.2, 0) is 4.79 Å². The molecule has 1 amide bonds. The lowest BCUT2D eigenvalue weighted by molar-refractivity contribution is -0.122. The van der Waals surface area contributed by atoms with E-state index < -0.39 is 12.2 Å². The van der Waals surface area contributed by atoms with Crippen LogP contribution in [0.5, 0.6) is 17.2 Å². The zero-order valence-electron chi connectivity index (χ0n) is 15.3.